The molecule has 0 spiro atoms. The molecule has 0 aliphatic carbocycles. The minimum atomic E-state index is -3.75. The van der Waals surface area contributed by atoms with Gasteiger partial charge in [0.1, 0.15) is 0 Å². The molecule has 3 rings (SSSR count). The summed E-state index contributed by atoms with van der Waals surface area (Å²) in [6.07, 6.45) is 0. The number of anilines is 3. The molecule has 28 heavy (non-hydrogen) atoms. The van der Waals surface area contributed by atoms with Gasteiger partial charge in [0, 0.05) is 23.9 Å². The number of hydrogen-bond donors (Lipinski definition) is 2. The van der Waals surface area contributed by atoms with E-state index >= 15 is 0 Å². The lowest BCUT2D eigenvalue weighted by atomic mass is 10.1. The molecule has 2 N–H and O–H groups in total. The van der Waals surface area contributed by atoms with E-state index in [0.717, 1.165) is 4.31 Å². The first-order valence-electron chi connectivity index (χ1n) is 8.53. The van der Waals surface area contributed by atoms with Crippen molar-refractivity contribution in [1.82, 2.24) is 0 Å². The van der Waals surface area contributed by atoms with Crippen LogP contribution < -0.4 is 14.9 Å². The smallest absolute Gasteiger partial charge is 0.255 e. The van der Waals surface area contributed by atoms with Crippen LogP contribution in [0.3, 0.4) is 0 Å². The Balaban J connectivity index is 1.84. The van der Waals surface area contributed by atoms with E-state index in [1.165, 1.54) is 31.2 Å². The van der Waals surface area contributed by atoms with Gasteiger partial charge in [-0.05, 0) is 36.4 Å². The number of nitrogens with zero attached hydrogens (tertiary/aromatic N) is 1. The SMILES string of the molecule is CC(=O)Nc1cccc(NC(=O)c2cccc(N3C(=O)[C@H](C)CS3(=O)=O)c2)c1. The van der Waals surface area contributed by atoms with Gasteiger partial charge in [-0.25, -0.2) is 12.7 Å². The fraction of sp³-hybridized carbons (Fsp3) is 0.211. The molecule has 0 saturated carbocycles. The maximum Gasteiger partial charge on any atom is 0.255 e. The Hall–Kier alpha value is -3.20. The third-order valence-corrected chi connectivity index (χ3v) is 6.01. The van der Waals surface area contributed by atoms with Crippen LogP contribution >= 0.6 is 0 Å². The highest BCUT2D eigenvalue weighted by molar-refractivity contribution is 7.94. The molecule has 1 saturated heterocycles. The number of hydrogen-bond acceptors (Lipinski definition) is 5. The molecule has 0 bridgehead atoms. The third-order valence-electron chi connectivity index (χ3n) is 4.14. The molecule has 1 aliphatic rings. The van der Waals surface area contributed by atoms with Crippen LogP contribution in [0.15, 0.2) is 48.5 Å². The molecule has 9 heteroatoms. The van der Waals surface area contributed by atoms with Gasteiger partial charge in [0.15, 0.2) is 0 Å². The summed E-state index contributed by atoms with van der Waals surface area (Å²) in [6.45, 7) is 2.93. The Bertz CT molecular complexity index is 1060. The largest absolute Gasteiger partial charge is 0.326 e. The highest BCUT2D eigenvalue weighted by Gasteiger charge is 2.42. The second kappa shape index (κ2) is 7.43. The lowest BCUT2D eigenvalue weighted by molar-refractivity contribution is -0.119. The molecule has 1 heterocycles. The van der Waals surface area contributed by atoms with Crippen molar-refractivity contribution in [1.29, 1.82) is 0 Å². The van der Waals surface area contributed by atoms with Crippen molar-refractivity contribution in [3.63, 3.8) is 0 Å². The number of benzene rings is 2. The van der Waals surface area contributed by atoms with Gasteiger partial charge >= 0.3 is 0 Å². The molecule has 8 nitrogen and oxygen atoms in total. The van der Waals surface area contributed by atoms with Gasteiger partial charge in [0.2, 0.25) is 21.8 Å². The zero-order chi connectivity index (χ0) is 20.5. The van der Waals surface area contributed by atoms with Crippen molar-refractivity contribution in [3.8, 4) is 0 Å². The minimum Gasteiger partial charge on any atom is -0.326 e. The second-order valence-corrected chi connectivity index (χ2v) is 8.41. The predicted octanol–water partition coefficient (Wildman–Crippen LogP) is 2.21. The summed E-state index contributed by atoms with van der Waals surface area (Å²) in [7, 11) is -3.75. The van der Waals surface area contributed by atoms with E-state index in [1.807, 2.05) is 0 Å². The Morgan fingerprint density at radius 3 is 2.29 bits per heavy atom. The molecular weight excluding hydrogens is 382 g/mol. The van der Waals surface area contributed by atoms with E-state index in [2.05, 4.69) is 10.6 Å². The van der Waals surface area contributed by atoms with Crippen LogP contribution in [0.2, 0.25) is 0 Å². The molecule has 0 radical (unpaired) electrons. The van der Waals surface area contributed by atoms with Crippen LogP contribution in [0, 0.1) is 5.92 Å². The fourth-order valence-electron chi connectivity index (χ4n) is 2.94. The molecule has 3 amide bonds. The van der Waals surface area contributed by atoms with Crippen molar-refractivity contribution in [2.45, 2.75) is 13.8 Å². The molecule has 1 fully saturated rings. The van der Waals surface area contributed by atoms with Crippen molar-refractivity contribution >= 4 is 44.8 Å². The summed E-state index contributed by atoms with van der Waals surface area (Å²) in [4.78, 5) is 36.0. The fourth-order valence-corrected chi connectivity index (χ4v) is 4.75. The summed E-state index contributed by atoms with van der Waals surface area (Å²) < 4.78 is 25.3. The summed E-state index contributed by atoms with van der Waals surface area (Å²) in [6, 6.07) is 12.5. The van der Waals surface area contributed by atoms with E-state index < -0.39 is 27.8 Å². The third kappa shape index (κ3) is 4.04. The van der Waals surface area contributed by atoms with Gasteiger partial charge in [0.25, 0.3) is 5.91 Å². The van der Waals surface area contributed by atoms with Gasteiger partial charge in [-0.1, -0.05) is 19.1 Å². The maximum absolute atomic E-state index is 12.6. The Morgan fingerprint density at radius 1 is 1.04 bits per heavy atom. The monoisotopic (exact) mass is 401 g/mol. The van der Waals surface area contributed by atoms with Crippen LogP contribution in [0.25, 0.3) is 0 Å². The number of sulfonamides is 1. The van der Waals surface area contributed by atoms with Crippen LogP contribution in [-0.2, 0) is 19.6 Å². The van der Waals surface area contributed by atoms with Gasteiger partial charge < -0.3 is 10.6 Å². The zero-order valence-electron chi connectivity index (χ0n) is 15.3. The predicted molar refractivity (Wildman–Crippen MR) is 106 cm³/mol. The van der Waals surface area contributed by atoms with Gasteiger partial charge in [-0.3, -0.25) is 14.4 Å². The van der Waals surface area contributed by atoms with E-state index in [0.29, 0.717) is 11.4 Å². The highest BCUT2D eigenvalue weighted by Crippen LogP contribution is 2.29. The standard InChI is InChI=1S/C19H19N3O5S/c1-12-11-28(26,27)22(19(12)25)17-8-3-5-14(9-17)18(24)21-16-7-4-6-15(10-16)20-13(2)23/h3-10,12H,11H2,1-2H3,(H,20,23)(H,21,24)/t12-/m1/s1. The maximum atomic E-state index is 12.6. The first-order valence-corrected chi connectivity index (χ1v) is 10.1. The Labute approximate surface area is 162 Å². The Kier molecular flexibility index (Phi) is 5.19. The van der Waals surface area contributed by atoms with E-state index in [4.69, 9.17) is 0 Å². The average molecular weight is 401 g/mol. The van der Waals surface area contributed by atoms with Gasteiger partial charge in [0.05, 0.1) is 17.4 Å². The molecule has 0 aromatic heterocycles. The van der Waals surface area contributed by atoms with Crippen LogP contribution in [-0.4, -0.2) is 31.9 Å². The molecule has 146 valence electrons. The summed E-state index contributed by atoms with van der Waals surface area (Å²) >= 11 is 0. The first kappa shape index (κ1) is 19.6. The zero-order valence-corrected chi connectivity index (χ0v) is 16.1. The number of nitrogens with one attached hydrogen (secondary N) is 2. The molecule has 2 aromatic carbocycles. The van der Waals surface area contributed by atoms with E-state index in [9.17, 15) is 22.8 Å². The first-order chi connectivity index (χ1) is 13.2. The normalized spacial score (nSPS) is 18.0. The minimum absolute atomic E-state index is 0.133. The number of carbonyl (C=O) groups is 3. The molecular formula is C19H19N3O5S. The van der Waals surface area contributed by atoms with E-state index in [1.54, 1.807) is 31.2 Å². The summed E-state index contributed by atoms with van der Waals surface area (Å²) in [5, 5.41) is 5.31. The summed E-state index contributed by atoms with van der Waals surface area (Å²) in [5.74, 6) is -2.10. The number of carbonyl (C=O) groups excluding carboxylic acids is 3. The molecule has 2 aromatic rings. The lowest BCUT2D eigenvalue weighted by Gasteiger charge is -2.16. The lowest BCUT2D eigenvalue weighted by Crippen LogP contribution is -2.30. The van der Waals surface area contributed by atoms with Crippen molar-refractivity contribution in [3.05, 3.63) is 54.1 Å². The van der Waals surface area contributed by atoms with Crippen molar-refractivity contribution in [2.75, 3.05) is 20.7 Å². The van der Waals surface area contributed by atoms with Gasteiger partial charge in [-0.2, -0.15) is 0 Å². The average Bonchev–Trinajstić information content (AvgIpc) is 2.81. The van der Waals surface area contributed by atoms with Crippen molar-refractivity contribution < 1.29 is 22.8 Å². The van der Waals surface area contributed by atoms with E-state index in [-0.39, 0.29) is 22.9 Å². The van der Waals surface area contributed by atoms with Crippen LogP contribution in [0.1, 0.15) is 24.2 Å². The van der Waals surface area contributed by atoms with Crippen LogP contribution in [0.4, 0.5) is 17.1 Å². The molecule has 1 atom stereocenters. The molecule has 1 aliphatic heterocycles. The van der Waals surface area contributed by atoms with Gasteiger partial charge in [-0.15, -0.1) is 0 Å². The number of rotatable bonds is 4. The highest BCUT2D eigenvalue weighted by atomic mass is 32.2. The topological polar surface area (TPSA) is 113 Å². The second-order valence-electron chi connectivity index (χ2n) is 6.55. The summed E-state index contributed by atoms with van der Waals surface area (Å²) in [5.41, 5.74) is 1.32. The van der Waals surface area contributed by atoms with Crippen molar-refractivity contribution in [2.24, 2.45) is 5.92 Å². The quantitative estimate of drug-likeness (QED) is 0.816. The molecule has 0 unspecified atom stereocenters. The van der Waals surface area contributed by atoms with Crippen LogP contribution in [0.5, 0.6) is 0 Å². The Morgan fingerprint density at radius 2 is 1.68 bits per heavy atom. The number of amides is 3.